The molecule has 5 heteroatoms. The second-order valence-corrected chi connectivity index (χ2v) is 5.39. The zero-order valence-corrected chi connectivity index (χ0v) is 12.0. The quantitative estimate of drug-likeness (QED) is 0.890. The molecular formula is C15H23N3O2. The Kier molecular flexibility index (Phi) is 4.38. The fourth-order valence-electron chi connectivity index (χ4n) is 2.74. The Labute approximate surface area is 120 Å². The molecule has 1 saturated heterocycles. The molecule has 0 spiro atoms. The van der Waals surface area contributed by atoms with Gasteiger partial charge < -0.3 is 19.7 Å². The van der Waals surface area contributed by atoms with E-state index in [9.17, 15) is 0 Å². The highest BCUT2D eigenvalue weighted by atomic mass is 16.5. The highest BCUT2D eigenvalue weighted by Gasteiger charge is 2.29. The third kappa shape index (κ3) is 3.22. The summed E-state index contributed by atoms with van der Waals surface area (Å²) in [6, 6.07) is 4.74. The second kappa shape index (κ2) is 6.41. The van der Waals surface area contributed by atoms with Crippen LogP contribution in [0.25, 0.3) is 0 Å². The van der Waals surface area contributed by atoms with Gasteiger partial charge in [-0.25, -0.2) is 4.98 Å². The largest absolute Gasteiger partial charge is 0.381 e. The summed E-state index contributed by atoms with van der Waals surface area (Å²) in [4.78, 5) is 6.81. The van der Waals surface area contributed by atoms with Crippen molar-refractivity contribution in [2.24, 2.45) is 0 Å². The average molecular weight is 277 g/mol. The van der Waals surface area contributed by atoms with E-state index >= 15 is 0 Å². The first-order chi connectivity index (χ1) is 9.85. The lowest BCUT2D eigenvalue weighted by Crippen LogP contribution is -2.40. The van der Waals surface area contributed by atoms with Crippen molar-refractivity contribution in [2.75, 3.05) is 43.1 Å². The summed E-state index contributed by atoms with van der Waals surface area (Å²) in [7, 11) is 0. The number of aromatic nitrogens is 1. The van der Waals surface area contributed by atoms with Crippen LogP contribution in [0, 0.1) is 0 Å². The third-order valence-corrected chi connectivity index (χ3v) is 3.95. The molecule has 20 heavy (non-hydrogen) atoms. The summed E-state index contributed by atoms with van der Waals surface area (Å²) < 4.78 is 10.9. The monoisotopic (exact) mass is 277 g/mol. The lowest BCUT2D eigenvalue weighted by Gasteiger charge is -2.36. The minimum Gasteiger partial charge on any atom is -0.381 e. The molecule has 1 N–H and O–H groups in total. The summed E-state index contributed by atoms with van der Waals surface area (Å²) in [5.41, 5.74) is 1.10. The van der Waals surface area contributed by atoms with Gasteiger partial charge >= 0.3 is 0 Å². The van der Waals surface area contributed by atoms with E-state index in [-0.39, 0.29) is 0 Å². The van der Waals surface area contributed by atoms with Gasteiger partial charge in [-0.2, -0.15) is 0 Å². The maximum absolute atomic E-state index is 5.57. The molecule has 0 unspecified atom stereocenters. The first kappa shape index (κ1) is 13.6. The molecule has 5 nitrogen and oxygen atoms in total. The molecule has 0 aromatic carbocycles. The zero-order valence-electron chi connectivity index (χ0n) is 12.0. The van der Waals surface area contributed by atoms with Gasteiger partial charge in [0.2, 0.25) is 0 Å². The van der Waals surface area contributed by atoms with Gasteiger partial charge in [0.25, 0.3) is 0 Å². The van der Waals surface area contributed by atoms with E-state index in [2.05, 4.69) is 34.3 Å². The SMILES string of the molecule is CCOC1CC(Nc2ccc(N3CCOCC3)nc2)C1. The van der Waals surface area contributed by atoms with Crippen molar-refractivity contribution in [2.45, 2.75) is 31.9 Å². The van der Waals surface area contributed by atoms with Crippen LogP contribution in [-0.4, -0.2) is 50.0 Å². The van der Waals surface area contributed by atoms with Gasteiger partial charge in [0.15, 0.2) is 0 Å². The van der Waals surface area contributed by atoms with Gasteiger partial charge in [-0.3, -0.25) is 0 Å². The molecule has 2 aliphatic rings. The van der Waals surface area contributed by atoms with E-state index in [1.807, 2.05) is 6.20 Å². The highest BCUT2D eigenvalue weighted by Crippen LogP contribution is 2.27. The Morgan fingerprint density at radius 1 is 1.35 bits per heavy atom. The highest BCUT2D eigenvalue weighted by molar-refractivity contribution is 5.49. The topological polar surface area (TPSA) is 46.6 Å². The Balaban J connectivity index is 1.49. The number of hydrogen-bond donors (Lipinski definition) is 1. The fraction of sp³-hybridized carbons (Fsp3) is 0.667. The number of nitrogens with zero attached hydrogens (tertiary/aromatic N) is 2. The molecule has 0 bridgehead atoms. The summed E-state index contributed by atoms with van der Waals surface area (Å²) in [5, 5.41) is 3.51. The first-order valence-corrected chi connectivity index (χ1v) is 7.52. The van der Waals surface area contributed by atoms with E-state index < -0.39 is 0 Å². The Hall–Kier alpha value is -1.33. The van der Waals surface area contributed by atoms with Crippen LogP contribution in [0.15, 0.2) is 18.3 Å². The van der Waals surface area contributed by atoms with E-state index in [0.717, 1.165) is 57.3 Å². The smallest absolute Gasteiger partial charge is 0.128 e. The summed E-state index contributed by atoms with van der Waals surface area (Å²) in [6.45, 7) is 6.31. The van der Waals surface area contributed by atoms with Crippen LogP contribution < -0.4 is 10.2 Å². The number of anilines is 2. The minimum atomic E-state index is 0.443. The van der Waals surface area contributed by atoms with E-state index in [4.69, 9.17) is 9.47 Å². The molecular weight excluding hydrogens is 254 g/mol. The fourth-order valence-corrected chi connectivity index (χ4v) is 2.74. The van der Waals surface area contributed by atoms with Gasteiger partial charge in [-0.1, -0.05) is 0 Å². The van der Waals surface area contributed by atoms with Crippen LogP contribution in [0.5, 0.6) is 0 Å². The molecule has 3 rings (SSSR count). The molecule has 1 aromatic rings. The molecule has 0 amide bonds. The van der Waals surface area contributed by atoms with E-state index in [1.165, 1.54) is 0 Å². The second-order valence-electron chi connectivity index (χ2n) is 5.39. The summed E-state index contributed by atoms with van der Waals surface area (Å²) >= 11 is 0. The van der Waals surface area contributed by atoms with Crippen molar-refractivity contribution < 1.29 is 9.47 Å². The number of ether oxygens (including phenoxy) is 2. The van der Waals surface area contributed by atoms with Crippen LogP contribution in [0.4, 0.5) is 11.5 Å². The van der Waals surface area contributed by atoms with Gasteiger partial charge in [0, 0.05) is 25.7 Å². The number of rotatable bonds is 5. The molecule has 1 aliphatic heterocycles. The Bertz CT molecular complexity index is 412. The predicted octanol–water partition coefficient (Wildman–Crippen LogP) is 1.90. The van der Waals surface area contributed by atoms with E-state index in [1.54, 1.807) is 0 Å². The van der Waals surface area contributed by atoms with Crippen LogP contribution >= 0.6 is 0 Å². The Morgan fingerprint density at radius 3 is 2.80 bits per heavy atom. The lowest BCUT2D eigenvalue weighted by atomic mass is 9.89. The normalized spacial score (nSPS) is 26.1. The molecule has 2 fully saturated rings. The van der Waals surface area contributed by atoms with Crippen molar-refractivity contribution in [3.05, 3.63) is 18.3 Å². The van der Waals surface area contributed by atoms with Crippen LogP contribution in [0.1, 0.15) is 19.8 Å². The van der Waals surface area contributed by atoms with Crippen LogP contribution in [0.3, 0.4) is 0 Å². The van der Waals surface area contributed by atoms with Gasteiger partial charge in [0.1, 0.15) is 5.82 Å². The minimum absolute atomic E-state index is 0.443. The Morgan fingerprint density at radius 2 is 2.15 bits per heavy atom. The summed E-state index contributed by atoms with van der Waals surface area (Å²) in [5.74, 6) is 1.04. The maximum Gasteiger partial charge on any atom is 0.128 e. The average Bonchev–Trinajstić information content (AvgIpc) is 2.47. The number of morpholine rings is 1. The first-order valence-electron chi connectivity index (χ1n) is 7.52. The molecule has 0 atom stereocenters. The van der Waals surface area contributed by atoms with E-state index in [0.29, 0.717) is 12.1 Å². The number of pyridine rings is 1. The molecule has 1 aromatic heterocycles. The van der Waals surface area contributed by atoms with Crippen molar-refractivity contribution in [1.29, 1.82) is 0 Å². The summed E-state index contributed by atoms with van der Waals surface area (Å²) in [6.07, 6.45) is 4.56. The molecule has 0 radical (unpaired) electrons. The predicted molar refractivity (Wildman–Crippen MR) is 79.3 cm³/mol. The zero-order chi connectivity index (χ0) is 13.8. The third-order valence-electron chi connectivity index (χ3n) is 3.95. The lowest BCUT2D eigenvalue weighted by molar-refractivity contribution is 0.00299. The van der Waals surface area contributed by atoms with Crippen molar-refractivity contribution in [3.63, 3.8) is 0 Å². The van der Waals surface area contributed by atoms with Gasteiger partial charge in [-0.05, 0) is 31.9 Å². The number of hydrogen-bond acceptors (Lipinski definition) is 5. The molecule has 1 aliphatic carbocycles. The van der Waals surface area contributed by atoms with Crippen molar-refractivity contribution in [1.82, 2.24) is 4.98 Å². The van der Waals surface area contributed by atoms with Crippen molar-refractivity contribution in [3.8, 4) is 0 Å². The van der Waals surface area contributed by atoms with Gasteiger partial charge in [0.05, 0.1) is 31.2 Å². The molecule has 1 saturated carbocycles. The standard InChI is InChI=1S/C15H23N3O2/c1-2-20-14-9-13(10-14)17-12-3-4-15(16-11-12)18-5-7-19-8-6-18/h3-4,11,13-14,17H,2,5-10H2,1H3. The molecule has 2 heterocycles. The maximum atomic E-state index is 5.57. The molecule has 110 valence electrons. The van der Waals surface area contributed by atoms with Crippen LogP contribution in [-0.2, 0) is 9.47 Å². The van der Waals surface area contributed by atoms with Gasteiger partial charge in [-0.15, -0.1) is 0 Å². The van der Waals surface area contributed by atoms with Crippen molar-refractivity contribution >= 4 is 11.5 Å². The number of nitrogens with one attached hydrogen (secondary N) is 1. The van der Waals surface area contributed by atoms with Crippen LogP contribution in [0.2, 0.25) is 0 Å².